The van der Waals surface area contributed by atoms with Gasteiger partial charge in [-0.3, -0.25) is 4.90 Å². The Labute approximate surface area is 148 Å². The highest BCUT2D eigenvalue weighted by Gasteiger charge is 2.38. The van der Waals surface area contributed by atoms with Crippen molar-refractivity contribution in [2.24, 2.45) is 0 Å². The molecule has 0 bridgehead atoms. The summed E-state index contributed by atoms with van der Waals surface area (Å²) in [6.45, 7) is 4.06. The van der Waals surface area contributed by atoms with Gasteiger partial charge in [0.25, 0.3) is 0 Å². The lowest BCUT2D eigenvalue weighted by Gasteiger charge is -2.34. The summed E-state index contributed by atoms with van der Waals surface area (Å²) in [6.07, 6.45) is 3.73. The maximum Gasteiger partial charge on any atom is 0.134 e. The Bertz CT molecular complexity index is 591. The van der Waals surface area contributed by atoms with E-state index < -0.39 is 11.2 Å². The van der Waals surface area contributed by atoms with Crippen LogP contribution in [0.2, 0.25) is 0 Å². The van der Waals surface area contributed by atoms with Gasteiger partial charge < -0.3 is 19.7 Å². The van der Waals surface area contributed by atoms with Crippen LogP contribution in [0.25, 0.3) is 0 Å². The first-order chi connectivity index (χ1) is 11.9. The third kappa shape index (κ3) is 4.91. The Morgan fingerprint density at radius 1 is 1.24 bits per heavy atom. The number of halogens is 1. The van der Waals surface area contributed by atoms with Crippen molar-refractivity contribution in [3.8, 4) is 5.75 Å². The van der Waals surface area contributed by atoms with Gasteiger partial charge in [-0.2, -0.15) is 0 Å². The average Bonchev–Trinajstić information content (AvgIpc) is 2.90. The summed E-state index contributed by atoms with van der Waals surface area (Å²) in [7, 11) is 0. The third-order valence-electron chi connectivity index (χ3n) is 5.13. The Hall–Kier alpha value is -1.21. The molecule has 1 saturated carbocycles. The van der Waals surface area contributed by atoms with Crippen molar-refractivity contribution in [2.75, 3.05) is 39.5 Å². The Balaban J connectivity index is 1.61. The number of hydrogen-bond donors (Lipinski definition) is 2. The summed E-state index contributed by atoms with van der Waals surface area (Å²) >= 11 is 0. The van der Waals surface area contributed by atoms with E-state index in [1.165, 1.54) is 6.07 Å². The van der Waals surface area contributed by atoms with Crippen LogP contribution < -0.4 is 4.74 Å². The molecule has 1 aliphatic carbocycles. The Morgan fingerprint density at radius 2 is 2.00 bits per heavy atom. The van der Waals surface area contributed by atoms with Crippen LogP contribution in [0, 0.1) is 12.7 Å². The van der Waals surface area contributed by atoms with E-state index in [0.29, 0.717) is 37.6 Å². The lowest BCUT2D eigenvalue weighted by Crippen LogP contribution is -2.52. The predicted molar refractivity (Wildman–Crippen MR) is 92.3 cm³/mol. The highest BCUT2D eigenvalue weighted by molar-refractivity contribution is 5.28. The molecule has 0 amide bonds. The van der Waals surface area contributed by atoms with Crippen molar-refractivity contribution in [1.29, 1.82) is 0 Å². The second-order valence-electron chi connectivity index (χ2n) is 7.62. The zero-order valence-corrected chi connectivity index (χ0v) is 14.8. The number of hydrogen-bond acceptors (Lipinski definition) is 5. The number of rotatable bonds is 5. The Morgan fingerprint density at radius 3 is 2.72 bits per heavy atom. The van der Waals surface area contributed by atoms with Crippen LogP contribution in [0.3, 0.4) is 0 Å². The van der Waals surface area contributed by atoms with Gasteiger partial charge >= 0.3 is 0 Å². The SMILES string of the molecule is Cc1cc(OCC2(O)COCCN(CC3(O)CCCC3)C2)ccc1F. The van der Waals surface area contributed by atoms with Crippen molar-refractivity contribution in [1.82, 2.24) is 4.90 Å². The van der Waals surface area contributed by atoms with Crippen LogP contribution in [0.5, 0.6) is 5.75 Å². The fraction of sp³-hybridized carbons (Fsp3) is 0.684. The van der Waals surface area contributed by atoms with Crippen LogP contribution >= 0.6 is 0 Å². The smallest absolute Gasteiger partial charge is 0.134 e. The molecule has 1 aliphatic heterocycles. The van der Waals surface area contributed by atoms with Crippen LogP contribution in [0.4, 0.5) is 4.39 Å². The summed E-state index contributed by atoms with van der Waals surface area (Å²) in [5.74, 6) is 0.248. The number of aryl methyl sites for hydroxylation is 1. The molecule has 1 atom stereocenters. The second kappa shape index (κ2) is 7.58. The van der Waals surface area contributed by atoms with Crippen molar-refractivity contribution in [3.63, 3.8) is 0 Å². The highest BCUT2D eigenvalue weighted by atomic mass is 19.1. The zero-order valence-electron chi connectivity index (χ0n) is 14.8. The van der Waals surface area contributed by atoms with Gasteiger partial charge in [0.2, 0.25) is 0 Å². The monoisotopic (exact) mass is 353 g/mol. The fourth-order valence-electron chi connectivity index (χ4n) is 3.75. The van der Waals surface area contributed by atoms with E-state index in [0.717, 1.165) is 25.7 Å². The van der Waals surface area contributed by atoms with Crippen LogP contribution in [0.1, 0.15) is 31.2 Å². The normalized spacial score (nSPS) is 27.2. The zero-order chi connectivity index (χ0) is 17.9. The van der Waals surface area contributed by atoms with Gasteiger partial charge in [0.15, 0.2) is 0 Å². The summed E-state index contributed by atoms with van der Waals surface area (Å²) in [6, 6.07) is 4.54. The molecule has 6 heteroatoms. The van der Waals surface area contributed by atoms with E-state index in [-0.39, 0.29) is 19.0 Å². The van der Waals surface area contributed by atoms with Gasteiger partial charge in [-0.25, -0.2) is 4.39 Å². The molecule has 2 aliphatic rings. The van der Waals surface area contributed by atoms with Crippen molar-refractivity contribution in [3.05, 3.63) is 29.6 Å². The standard InChI is InChI=1S/C19H28FNO4/c1-15-10-16(4-5-17(15)20)25-14-19(23)12-21(8-9-24-13-19)11-18(22)6-2-3-7-18/h4-5,10,22-23H,2-3,6-9,11-14H2,1H3. The van der Waals surface area contributed by atoms with Crippen molar-refractivity contribution in [2.45, 2.75) is 43.8 Å². The van der Waals surface area contributed by atoms with E-state index in [1.807, 2.05) is 0 Å². The molecule has 3 rings (SSSR count). The molecule has 1 saturated heterocycles. The van der Waals surface area contributed by atoms with Crippen LogP contribution in [-0.2, 0) is 4.74 Å². The molecule has 0 spiro atoms. The Kier molecular flexibility index (Phi) is 5.63. The molecule has 1 aromatic carbocycles. The van der Waals surface area contributed by atoms with Crippen LogP contribution in [-0.4, -0.2) is 65.8 Å². The minimum absolute atomic E-state index is 0.0625. The lowest BCUT2D eigenvalue weighted by molar-refractivity contribution is -0.0712. The molecule has 25 heavy (non-hydrogen) atoms. The molecule has 140 valence electrons. The first kappa shape index (κ1) is 18.6. The quantitative estimate of drug-likeness (QED) is 0.846. The average molecular weight is 353 g/mol. The number of nitrogens with zero attached hydrogens (tertiary/aromatic N) is 1. The van der Waals surface area contributed by atoms with Gasteiger partial charge in [0.05, 0.1) is 18.8 Å². The lowest BCUT2D eigenvalue weighted by atomic mass is 10.00. The van der Waals surface area contributed by atoms with Gasteiger partial charge in [-0.1, -0.05) is 12.8 Å². The molecule has 0 aromatic heterocycles. The minimum atomic E-state index is -1.16. The van der Waals surface area contributed by atoms with Gasteiger partial charge in [-0.05, 0) is 43.5 Å². The third-order valence-corrected chi connectivity index (χ3v) is 5.13. The maximum atomic E-state index is 13.3. The van der Waals surface area contributed by atoms with E-state index >= 15 is 0 Å². The molecule has 5 nitrogen and oxygen atoms in total. The first-order valence-electron chi connectivity index (χ1n) is 9.01. The van der Waals surface area contributed by atoms with E-state index in [2.05, 4.69) is 4.90 Å². The first-order valence-corrected chi connectivity index (χ1v) is 9.01. The highest BCUT2D eigenvalue weighted by Crippen LogP contribution is 2.31. The van der Waals surface area contributed by atoms with E-state index in [4.69, 9.17) is 9.47 Å². The fourth-order valence-corrected chi connectivity index (χ4v) is 3.75. The number of aliphatic hydroxyl groups is 2. The van der Waals surface area contributed by atoms with Gasteiger partial charge in [-0.15, -0.1) is 0 Å². The minimum Gasteiger partial charge on any atom is -0.490 e. The number of benzene rings is 1. The number of ether oxygens (including phenoxy) is 2. The molecule has 1 unspecified atom stereocenters. The molecule has 1 heterocycles. The largest absolute Gasteiger partial charge is 0.490 e. The second-order valence-corrected chi connectivity index (χ2v) is 7.62. The van der Waals surface area contributed by atoms with E-state index in [1.54, 1.807) is 19.1 Å². The summed E-state index contributed by atoms with van der Waals surface area (Å²) < 4.78 is 24.6. The molecular formula is C19H28FNO4. The summed E-state index contributed by atoms with van der Waals surface area (Å²) in [5.41, 5.74) is -1.31. The van der Waals surface area contributed by atoms with Crippen LogP contribution in [0.15, 0.2) is 18.2 Å². The molecule has 2 fully saturated rings. The predicted octanol–water partition coefficient (Wildman–Crippen LogP) is 1.88. The molecule has 0 radical (unpaired) electrons. The van der Waals surface area contributed by atoms with Crippen molar-refractivity contribution < 1.29 is 24.1 Å². The molecular weight excluding hydrogens is 325 g/mol. The van der Waals surface area contributed by atoms with Gasteiger partial charge in [0.1, 0.15) is 23.8 Å². The molecule has 2 N–H and O–H groups in total. The summed E-state index contributed by atoms with van der Waals surface area (Å²) in [5, 5.41) is 21.6. The molecule has 1 aromatic rings. The van der Waals surface area contributed by atoms with Crippen molar-refractivity contribution >= 4 is 0 Å². The number of β-amino-alcohol motifs (C(OH)–C–C–N with tert-alkyl or cyclic N) is 2. The maximum absolute atomic E-state index is 13.3. The summed E-state index contributed by atoms with van der Waals surface area (Å²) in [4.78, 5) is 2.07. The van der Waals surface area contributed by atoms with E-state index in [9.17, 15) is 14.6 Å². The topological polar surface area (TPSA) is 62.2 Å². The van der Waals surface area contributed by atoms with Gasteiger partial charge in [0, 0.05) is 19.6 Å².